The summed E-state index contributed by atoms with van der Waals surface area (Å²) in [6.07, 6.45) is 2.87. The number of amides is 1. The monoisotopic (exact) mass is 323 g/mol. The summed E-state index contributed by atoms with van der Waals surface area (Å²) in [4.78, 5) is 35.2. The molecule has 0 bridgehead atoms. The van der Waals surface area contributed by atoms with Gasteiger partial charge in [-0.1, -0.05) is 0 Å². The zero-order valence-corrected chi connectivity index (χ0v) is 13.0. The fraction of sp³-hybridized carbons (Fsp3) is 0.125. The van der Waals surface area contributed by atoms with Gasteiger partial charge in [0.25, 0.3) is 11.6 Å². The molecule has 0 atom stereocenters. The molecule has 0 aliphatic carbocycles. The number of nitrogens with one attached hydrogen (secondary N) is 1. The average Bonchev–Trinajstić information content (AvgIpc) is 2.54. The average molecular weight is 323 g/mol. The molecule has 120 valence electrons. The number of aromatic nitrogens is 3. The van der Waals surface area contributed by atoms with Crippen LogP contribution in [0.15, 0.2) is 36.7 Å². The number of carbonyl (C=O) groups excluding carboxylic acids is 1. The van der Waals surface area contributed by atoms with Gasteiger partial charge < -0.3 is 5.32 Å². The Kier molecular flexibility index (Phi) is 3.87. The van der Waals surface area contributed by atoms with Crippen molar-refractivity contribution < 1.29 is 9.72 Å². The molecular weight excluding hydrogens is 310 g/mol. The fourth-order valence-corrected chi connectivity index (χ4v) is 2.26. The number of hydrogen-bond donors (Lipinski definition) is 1. The SMILES string of the molecule is Cc1cnc(C(=O)Nc2cc(C)nc3ccc([N+](=O)[O-])cc23)cn1. The maximum absolute atomic E-state index is 12.3. The molecule has 0 aliphatic rings. The van der Waals surface area contributed by atoms with Crippen LogP contribution in [0.2, 0.25) is 0 Å². The number of fused-ring (bicyclic) bond motifs is 1. The molecule has 2 heterocycles. The van der Waals surface area contributed by atoms with Crippen molar-refractivity contribution >= 4 is 28.2 Å². The van der Waals surface area contributed by atoms with Crippen LogP contribution in [0.4, 0.5) is 11.4 Å². The third-order valence-electron chi connectivity index (χ3n) is 3.39. The molecule has 0 unspecified atom stereocenters. The molecule has 8 nitrogen and oxygen atoms in total. The molecule has 1 amide bonds. The second kappa shape index (κ2) is 5.99. The van der Waals surface area contributed by atoms with Crippen LogP contribution < -0.4 is 5.32 Å². The Morgan fingerprint density at radius 1 is 1.12 bits per heavy atom. The number of hydrogen-bond acceptors (Lipinski definition) is 6. The van der Waals surface area contributed by atoms with Crippen LogP contribution in [0.25, 0.3) is 10.9 Å². The number of nitro benzene ring substituents is 1. The predicted octanol–water partition coefficient (Wildman–Crippen LogP) is 2.80. The minimum absolute atomic E-state index is 0.0706. The predicted molar refractivity (Wildman–Crippen MR) is 87.9 cm³/mol. The first-order valence-electron chi connectivity index (χ1n) is 7.10. The maximum Gasteiger partial charge on any atom is 0.275 e. The summed E-state index contributed by atoms with van der Waals surface area (Å²) in [5.74, 6) is -0.444. The summed E-state index contributed by atoms with van der Waals surface area (Å²) in [7, 11) is 0. The second-order valence-corrected chi connectivity index (χ2v) is 5.27. The summed E-state index contributed by atoms with van der Waals surface area (Å²) in [5.41, 5.74) is 2.47. The van der Waals surface area contributed by atoms with E-state index in [4.69, 9.17) is 0 Å². The van der Waals surface area contributed by atoms with Crippen molar-refractivity contribution in [2.45, 2.75) is 13.8 Å². The molecule has 1 N–H and O–H groups in total. The summed E-state index contributed by atoms with van der Waals surface area (Å²) in [6, 6.07) is 5.98. The van der Waals surface area contributed by atoms with Crippen molar-refractivity contribution in [1.82, 2.24) is 15.0 Å². The van der Waals surface area contributed by atoms with E-state index in [1.807, 2.05) is 0 Å². The second-order valence-electron chi connectivity index (χ2n) is 5.27. The van der Waals surface area contributed by atoms with Gasteiger partial charge in [0.05, 0.1) is 28.0 Å². The number of anilines is 1. The molecule has 8 heteroatoms. The molecule has 0 aliphatic heterocycles. The topological polar surface area (TPSA) is 111 Å². The van der Waals surface area contributed by atoms with E-state index in [1.54, 1.807) is 26.0 Å². The third kappa shape index (κ3) is 3.02. The van der Waals surface area contributed by atoms with E-state index in [9.17, 15) is 14.9 Å². The minimum atomic E-state index is -0.490. The Bertz CT molecular complexity index is 954. The van der Waals surface area contributed by atoms with E-state index < -0.39 is 10.8 Å². The summed E-state index contributed by atoms with van der Waals surface area (Å²) < 4.78 is 0. The molecule has 3 rings (SSSR count). The lowest BCUT2D eigenvalue weighted by atomic mass is 10.1. The zero-order chi connectivity index (χ0) is 17.3. The lowest BCUT2D eigenvalue weighted by molar-refractivity contribution is -0.384. The highest BCUT2D eigenvalue weighted by Crippen LogP contribution is 2.27. The number of carbonyl (C=O) groups is 1. The quantitative estimate of drug-likeness (QED) is 0.586. The summed E-state index contributed by atoms with van der Waals surface area (Å²) in [5, 5.41) is 14.2. The molecule has 0 saturated heterocycles. The summed E-state index contributed by atoms with van der Waals surface area (Å²) in [6.45, 7) is 3.55. The van der Waals surface area contributed by atoms with Gasteiger partial charge >= 0.3 is 0 Å². The highest BCUT2D eigenvalue weighted by molar-refractivity contribution is 6.07. The Balaban J connectivity index is 2.04. The molecule has 1 aromatic carbocycles. The Morgan fingerprint density at radius 3 is 2.58 bits per heavy atom. The van der Waals surface area contributed by atoms with E-state index in [-0.39, 0.29) is 11.4 Å². The van der Waals surface area contributed by atoms with Gasteiger partial charge in [0, 0.05) is 29.4 Å². The van der Waals surface area contributed by atoms with Crippen LogP contribution in [0.1, 0.15) is 21.9 Å². The van der Waals surface area contributed by atoms with E-state index in [2.05, 4.69) is 20.3 Å². The van der Waals surface area contributed by atoms with Crippen LogP contribution >= 0.6 is 0 Å². The van der Waals surface area contributed by atoms with Crippen LogP contribution in [-0.4, -0.2) is 25.8 Å². The molecule has 0 radical (unpaired) electrons. The summed E-state index contributed by atoms with van der Waals surface area (Å²) >= 11 is 0. The lowest BCUT2D eigenvalue weighted by Gasteiger charge is -2.09. The maximum atomic E-state index is 12.3. The Hall–Kier alpha value is -3.42. The smallest absolute Gasteiger partial charge is 0.275 e. The normalized spacial score (nSPS) is 10.6. The van der Waals surface area contributed by atoms with Gasteiger partial charge in [-0.05, 0) is 26.0 Å². The van der Waals surface area contributed by atoms with Crippen molar-refractivity contribution in [3.8, 4) is 0 Å². The standard InChI is InChI=1S/C16H13N5O3/c1-9-5-14(20-16(22)15-8-17-10(2)7-18-15)12-6-11(21(23)24)3-4-13(12)19-9/h3-8H,1-2H3,(H,19,20,22). The van der Waals surface area contributed by atoms with Gasteiger partial charge in [-0.25, -0.2) is 4.98 Å². The molecular formula is C16H13N5O3. The highest BCUT2D eigenvalue weighted by atomic mass is 16.6. The van der Waals surface area contributed by atoms with Gasteiger partial charge in [-0.15, -0.1) is 0 Å². The first-order valence-corrected chi connectivity index (χ1v) is 7.10. The van der Waals surface area contributed by atoms with Crippen molar-refractivity contribution in [3.63, 3.8) is 0 Å². The Labute approximate surface area is 136 Å². The van der Waals surface area contributed by atoms with Crippen LogP contribution in [0.3, 0.4) is 0 Å². The lowest BCUT2D eigenvalue weighted by Crippen LogP contribution is -2.14. The largest absolute Gasteiger partial charge is 0.320 e. The van der Waals surface area contributed by atoms with Gasteiger partial charge in [0.15, 0.2) is 0 Å². The van der Waals surface area contributed by atoms with Crippen molar-refractivity contribution in [2.24, 2.45) is 0 Å². The van der Waals surface area contributed by atoms with Crippen LogP contribution in [0.5, 0.6) is 0 Å². The molecule has 2 aromatic heterocycles. The van der Waals surface area contributed by atoms with Gasteiger partial charge in [-0.3, -0.25) is 24.9 Å². The number of non-ortho nitro benzene ring substituents is 1. The van der Waals surface area contributed by atoms with E-state index in [0.29, 0.717) is 28.0 Å². The van der Waals surface area contributed by atoms with Crippen molar-refractivity contribution in [3.05, 3.63) is 63.9 Å². The third-order valence-corrected chi connectivity index (χ3v) is 3.39. The number of nitrogens with zero attached hydrogens (tertiary/aromatic N) is 4. The van der Waals surface area contributed by atoms with Gasteiger partial charge in [0.1, 0.15) is 5.69 Å². The van der Waals surface area contributed by atoms with Crippen molar-refractivity contribution in [2.75, 3.05) is 5.32 Å². The molecule has 0 spiro atoms. The zero-order valence-electron chi connectivity index (χ0n) is 13.0. The van der Waals surface area contributed by atoms with Crippen molar-refractivity contribution in [1.29, 1.82) is 0 Å². The number of rotatable bonds is 3. The highest BCUT2D eigenvalue weighted by Gasteiger charge is 2.14. The van der Waals surface area contributed by atoms with E-state index in [0.717, 1.165) is 0 Å². The Morgan fingerprint density at radius 2 is 1.92 bits per heavy atom. The minimum Gasteiger partial charge on any atom is -0.320 e. The van der Waals surface area contributed by atoms with Gasteiger partial charge in [-0.2, -0.15) is 0 Å². The van der Waals surface area contributed by atoms with E-state index >= 15 is 0 Å². The number of aryl methyl sites for hydroxylation is 2. The van der Waals surface area contributed by atoms with Gasteiger partial charge in [0.2, 0.25) is 0 Å². The first kappa shape index (κ1) is 15.5. The number of nitro groups is 1. The van der Waals surface area contributed by atoms with Crippen LogP contribution in [0, 0.1) is 24.0 Å². The number of benzene rings is 1. The van der Waals surface area contributed by atoms with Crippen LogP contribution in [-0.2, 0) is 0 Å². The molecule has 3 aromatic rings. The fourth-order valence-electron chi connectivity index (χ4n) is 2.26. The molecule has 0 saturated carbocycles. The number of pyridine rings is 1. The molecule has 24 heavy (non-hydrogen) atoms. The molecule has 0 fully saturated rings. The first-order chi connectivity index (χ1) is 11.4. The van der Waals surface area contributed by atoms with E-state index in [1.165, 1.54) is 24.5 Å².